The molecule has 1 N–H and O–H groups in total. The van der Waals surface area contributed by atoms with Crippen LogP contribution in [0.3, 0.4) is 0 Å². The number of aliphatic hydroxyl groups excluding tert-OH is 1. The predicted molar refractivity (Wildman–Crippen MR) is 59.3 cm³/mol. The maximum Gasteiger partial charge on any atom is 0.0555 e. The van der Waals surface area contributed by atoms with Gasteiger partial charge in [0.15, 0.2) is 0 Å². The Morgan fingerprint density at radius 1 is 1.53 bits per heavy atom. The lowest BCUT2D eigenvalue weighted by Crippen LogP contribution is -2.29. The summed E-state index contributed by atoms with van der Waals surface area (Å²) in [6.07, 6.45) is 6.58. The zero-order chi connectivity index (χ0) is 10.7. The van der Waals surface area contributed by atoms with Crippen molar-refractivity contribution in [1.29, 1.82) is 0 Å². The Labute approximate surface area is 90.8 Å². The lowest BCUT2D eigenvalue weighted by Gasteiger charge is -2.23. The van der Waals surface area contributed by atoms with E-state index in [1.54, 1.807) is 6.20 Å². The fraction of sp³-hybridized carbons (Fsp3) is 0.583. The first-order valence-electron chi connectivity index (χ1n) is 5.53. The van der Waals surface area contributed by atoms with Gasteiger partial charge in [0.25, 0.3) is 0 Å². The van der Waals surface area contributed by atoms with Crippen LogP contribution in [0.2, 0.25) is 0 Å². The van der Waals surface area contributed by atoms with Gasteiger partial charge in [-0.25, -0.2) is 0 Å². The van der Waals surface area contributed by atoms with Gasteiger partial charge in [-0.15, -0.1) is 0 Å². The van der Waals surface area contributed by atoms with Crippen LogP contribution >= 0.6 is 0 Å². The molecule has 0 aromatic carbocycles. The number of rotatable bonds is 3. The summed E-state index contributed by atoms with van der Waals surface area (Å²) in [5, 5.41) is 9.48. The van der Waals surface area contributed by atoms with E-state index in [1.165, 1.54) is 5.56 Å². The van der Waals surface area contributed by atoms with Gasteiger partial charge in [-0.1, -0.05) is 6.07 Å². The molecular weight excluding hydrogens is 188 g/mol. The smallest absolute Gasteiger partial charge is 0.0555 e. The monoisotopic (exact) mass is 206 g/mol. The highest BCUT2D eigenvalue weighted by atomic mass is 16.3. The van der Waals surface area contributed by atoms with Crippen molar-refractivity contribution < 1.29 is 5.11 Å². The quantitative estimate of drug-likeness (QED) is 0.812. The van der Waals surface area contributed by atoms with E-state index in [4.69, 9.17) is 0 Å². The highest BCUT2D eigenvalue weighted by Crippen LogP contribution is 2.24. The first-order valence-corrected chi connectivity index (χ1v) is 5.53. The minimum Gasteiger partial charge on any atom is -0.393 e. The van der Waals surface area contributed by atoms with Crippen LogP contribution in [0.25, 0.3) is 0 Å². The van der Waals surface area contributed by atoms with E-state index in [0.29, 0.717) is 6.04 Å². The molecule has 1 aliphatic rings. The maximum absolute atomic E-state index is 9.48. The van der Waals surface area contributed by atoms with Gasteiger partial charge in [0, 0.05) is 25.0 Å². The summed E-state index contributed by atoms with van der Waals surface area (Å²) < 4.78 is 0. The van der Waals surface area contributed by atoms with Crippen molar-refractivity contribution >= 4 is 0 Å². The van der Waals surface area contributed by atoms with Crippen molar-refractivity contribution in [3.8, 4) is 0 Å². The van der Waals surface area contributed by atoms with Crippen LogP contribution in [0.1, 0.15) is 24.8 Å². The average Bonchev–Trinajstić information content (AvgIpc) is 2.66. The topological polar surface area (TPSA) is 36.4 Å². The van der Waals surface area contributed by atoms with Crippen molar-refractivity contribution in [2.24, 2.45) is 0 Å². The van der Waals surface area contributed by atoms with Crippen molar-refractivity contribution in [3.05, 3.63) is 30.1 Å². The van der Waals surface area contributed by atoms with Gasteiger partial charge in [-0.3, -0.25) is 9.88 Å². The first kappa shape index (κ1) is 10.6. The molecule has 2 unspecified atom stereocenters. The SMILES string of the molecule is CN(Cc1cccnc1)C1CCC(O)C1. The molecule has 1 fully saturated rings. The summed E-state index contributed by atoms with van der Waals surface area (Å²) in [4.78, 5) is 6.42. The third kappa shape index (κ3) is 2.76. The molecule has 0 bridgehead atoms. The van der Waals surface area contributed by atoms with E-state index in [2.05, 4.69) is 23.0 Å². The Morgan fingerprint density at radius 3 is 3.00 bits per heavy atom. The molecule has 15 heavy (non-hydrogen) atoms. The van der Waals surface area contributed by atoms with E-state index < -0.39 is 0 Å². The summed E-state index contributed by atoms with van der Waals surface area (Å²) in [6, 6.07) is 4.59. The Kier molecular flexibility index (Phi) is 3.34. The van der Waals surface area contributed by atoms with Crippen LogP contribution in [0, 0.1) is 0 Å². The summed E-state index contributed by atoms with van der Waals surface area (Å²) in [5.41, 5.74) is 1.24. The lowest BCUT2D eigenvalue weighted by atomic mass is 10.2. The molecule has 0 radical (unpaired) electrons. The molecule has 0 spiro atoms. The van der Waals surface area contributed by atoms with E-state index in [9.17, 15) is 5.11 Å². The van der Waals surface area contributed by atoms with Gasteiger partial charge in [-0.05, 0) is 37.9 Å². The highest BCUT2D eigenvalue weighted by Gasteiger charge is 2.25. The zero-order valence-electron chi connectivity index (χ0n) is 9.13. The van der Waals surface area contributed by atoms with Crippen molar-refractivity contribution in [1.82, 2.24) is 9.88 Å². The fourth-order valence-corrected chi connectivity index (χ4v) is 2.24. The van der Waals surface area contributed by atoms with E-state index in [1.807, 2.05) is 12.3 Å². The van der Waals surface area contributed by atoms with Crippen LogP contribution in [-0.2, 0) is 6.54 Å². The molecule has 3 nitrogen and oxygen atoms in total. The molecule has 0 amide bonds. The second-order valence-electron chi connectivity index (χ2n) is 4.40. The fourth-order valence-electron chi connectivity index (χ4n) is 2.24. The standard InChI is InChI=1S/C12H18N2O/c1-14(11-4-5-12(15)7-11)9-10-3-2-6-13-8-10/h2-3,6,8,11-12,15H,4-5,7,9H2,1H3. The van der Waals surface area contributed by atoms with Gasteiger partial charge in [0.1, 0.15) is 0 Å². The van der Waals surface area contributed by atoms with Crippen molar-refractivity contribution in [2.45, 2.75) is 38.0 Å². The van der Waals surface area contributed by atoms with Gasteiger partial charge >= 0.3 is 0 Å². The van der Waals surface area contributed by atoms with Crippen LogP contribution in [0.4, 0.5) is 0 Å². The molecule has 1 heterocycles. The molecule has 3 heteroatoms. The zero-order valence-corrected chi connectivity index (χ0v) is 9.13. The summed E-state index contributed by atoms with van der Waals surface area (Å²) >= 11 is 0. The normalized spacial score (nSPS) is 26.1. The molecule has 1 saturated carbocycles. The summed E-state index contributed by atoms with van der Waals surface area (Å²) in [5.74, 6) is 0. The summed E-state index contributed by atoms with van der Waals surface area (Å²) in [7, 11) is 2.12. The predicted octanol–water partition coefficient (Wildman–Crippen LogP) is 1.43. The molecule has 82 valence electrons. The third-order valence-electron chi connectivity index (χ3n) is 3.16. The molecule has 2 rings (SSSR count). The Balaban J connectivity index is 1.90. The van der Waals surface area contributed by atoms with Crippen LogP contribution in [0.15, 0.2) is 24.5 Å². The van der Waals surface area contributed by atoms with Crippen LogP contribution in [0.5, 0.6) is 0 Å². The minimum atomic E-state index is -0.0913. The van der Waals surface area contributed by atoms with E-state index in [0.717, 1.165) is 25.8 Å². The second kappa shape index (κ2) is 4.73. The number of pyridine rings is 1. The number of aromatic nitrogens is 1. The Hall–Kier alpha value is -0.930. The number of nitrogens with zero attached hydrogens (tertiary/aromatic N) is 2. The van der Waals surface area contributed by atoms with Crippen molar-refractivity contribution in [2.75, 3.05) is 7.05 Å². The highest BCUT2D eigenvalue weighted by molar-refractivity contribution is 5.08. The summed E-state index contributed by atoms with van der Waals surface area (Å²) in [6.45, 7) is 0.922. The molecule has 2 atom stereocenters. The van der Waals surface area contributed by atoms with Crippen molar-refractivity contribution in [3.63, 3.8) is 0 Å². The Bertz CT molecular complexity index is 302. The average molecular weight is 206 g/mol. The Morgan fingerprint density at radius 2 is 2.40 bits per heavy atom. The van der Waals surface area contributed by atoms with Gasteiger partial charge in [-0.2, -0.15) is 0 Å². The maximum atomic E-state index is 9.48. The molecule has 1 aromatic rings. The van der Waals surface area contributed by atoms with Gasteiger partial charge in [0.2, 0.25) is 0 Å². The van der Waals surface area contributed by atoms with E-state index in [-0.39, 0.29) is 6.10 Å². The van der Waals surface area contributed by atoms with E-state index >= 15 is 0 Å². The molecule has 1 aromatic heterocycles. The second-order valence-corrected chi connectivity index (χ2v) is 4.40. The van der Waals surface area contributed by atoms with Gasteiger partial charge < -0.3 is 5.11 Å². The number of hydrogen-bond donors (Lipinski definition) is 1. The number of aliphatic hydroxyl groups is 1. The third-order valence-corrected chi connectivity index (χ3v) is 3.16. The van der Waals surface area contributed by atoms with Gasteiger partial charge in [0.05, 0.1) is 6.10 Å². The molecular formula is C12H18N2O. The van der Waals surface area contributed by atoms with Crippen LogP contribution < -0.4 is 0 Å². The lowest BCUT2D eigenvalue weighted by molar-refractivity contribution is 0.161. The largest absolute Gasteiger partial charge is 0.393 e. The molecule has 0 saturated heterocycles. The number of hydrogen-bond acceptors (Lipinski definition) is 3. The van der Waals surface area contributed by atoms with Crippen LogP contribution in [-0.4, -0.2) is 34.2 Å². The minimum absolute atomic E-state index is 0.0913. The molecule has 0 aliphatic heterocycles. The molecule has 1 aliphatic carbocycles. The first-order chi connectivity index (χ1) is 7.25.